The van der Waals surface area contributed by atoms with Crippen LogP contribution in [0.2, 0.25) is 0 Å². The molecule has 1 heterocycles. The van der Waals surface area contributed by atoms with Gasteiger partial charge in [0.25, 0.3) is 0 Å². The number of hydrogen-bond acceptors (Lipinski definition) is 5. The van der Waals surface area contributed by atoms with Gasteiger partial charge in [-0.2, -0.15) is 0 Å². The maximum absolute atomic E-state index is 10.0. The van der Waals surface area contributed by atoms with E-state index in [0.29, 0.717) is 6.61 Å². The lowest BCUT2D eigenvalue weighted by molar-refractivity contribution is -0.0716. The standard InChI is InChI=1S/C22H42O5/c1-2-3-4-5-6-7-8-9-10-11-12-13-14-15-16-26-20-18-27-22(21(20)25)19(24)17-23/h14-15,19-25H,2-13,16-18H2,1H3/b15-14+/t19-,20+,21-,22-/m1/s1. The molecule has 5 heteroatoms. The summed E-state index contributed by atoms with van der Waals surface area (Å²) in [5, 5.41) is 28.5. The zero-order valence-electron chi connectivity index (χ0n) is 17.2. The summed E-state index contributed by atoms with van der Waals surface area (Å²) in [6, 6.07) is 0. The summed E-state index contributed by atoms with van der Waals surface area (Å²) in [6.07, 6.45) is 16.9. The van der Waals surface area contributed by atoms with Crippen LogP contribution in [0.25, 0.3) is 0 Å². The monoisotopic (exact) mass is 386 g/mol. The molecule has 0 unspecified atom stereocenters. The quantitative estimate of drug-likeness (QED) is 0.262. The van der Waals surface area contributed by atoms with E-state index in [1.165, 1.54) is 70.6 Å². The maximum Gasteiger partial charge on any atom is 0.114 e. The number of ether oxygens (including phenoxy) is 2. The number of unbranched alkanes of at least 4 members (excludes halogenated alkanes) is 11. The molecule has 5 nitrogen and oxygen atoms in total. The van der Waals surface area contributed by atoms with E-state index in [1.54, 1.807) is 0 Å². The van der Waals surface area contributed by atoms with Crippen LogP contribution in [0.15, 0.2) is 12.2 Å². The highest BCUT2D eigenvalue weighted by Gasteiger charge is 2.40. The molecular weight excluding hydrogens is 344 g/mol. The van der Waals surface area contributed by atoms with Crippen molar-refractivity contribution in [3.05, 3.63) is 12.2 Å². The third-order valence-electron chi connectivity index (χ3n) is 5.28. The number of rotatable bonds is 17. The van der Waals surface area contributed by atoms with Crippen molar-refractivity contribution in [1.29, 1.82) is 0 Å². The summed E-state index contributed by atoms with van der Waals surface area (Å²) >= 11 is 0. The van der Waals surface area contributed by atoms with Gasteiger partial charge in [-0.1, -0.05) is 83.3 Å². The SMILES string of the molecule is CCCCCCCCCCCCC/C=C/CO[C@H]1CO[C@H]([C@H](O)CO)[C@@H]1O. The van der Waals surface area contributed by atoms with Crippen LogP contribution < -0.4 is 0 Å². The van der Waals surface area contributed by atoms with Crippen LogP contribution in [0, 0.1) is 0 Å². The fraction of sp³-hybridized carbons (Fsp3) is 0.909. The number of aliphatic hydroxyl groups excluding tert-OH is 3. The summed E-state index contributed by atoms with van der Waals surface area (Å²) in [5.41, 5.74) is 0. The molecule has 0 aliphatic carbocycles. The Balaban J connectivity index is 1.89. The van der Waals surface area contributed by atoms with Gasteiger partial charge in [0.15, 0.2) is 0 Å². The van der Waals surface area contributed by atoms with Crippen molar-refractivity contribution in [2.75, 3.05) is 19.8 Å². The molecule has 1 rings (SSSR count). The average Bonchev–Trinajstić information content (AvgIpc) is 3.04. The molecule has 3 N–H and O–H groups in total. The van der Waals surface area contributed by atoms with E-state index in [9.17, 15) is 10.2 Å². The van der Waals surface area contributed by atoms with Gasteiger partial charge in [-0.3, -0.25) is 0 Å². The van der Waals surface area contributed by atoms with E-state index >= 15 is 0 Å². The van der Waals surface area contributed by atoms with Crippen molar-refractivity contribution < 1.29 is 24.8 Å². The van der Waals surface area contributed by atoms with Gasteiger partial charge < -0.3 is 24.8 Å². The molecule has 27 heavy (non-hydrogen) atoms. The fourth-order valence-corrected chi connectivity index (χ4v) is 3.50. The molecule has 1 aliphatic rings. The minimum Gasteiger partial charge on any atom is -0.394 e. The van der Waals surface area contributed by atoms with Crippen LogP contribution in [-0.4, -0.2) is 59.6 Å². The van der Waals surface area contributed by atoms with Crippen LogP contribution >= 0.6 is 0 Å². The second-order valence-electron chi connectivity index (χ2n) is 7.71. The summed E-state index contributed by atoms with van der Waals surface area (Å²) in [6.45, 7) is 2.52. The fourth-order valence-electron chi connectivity index (χ4n) is 3.50. The highest BCUT2D eigenvalue weighted by Crippen LogP contribution is 2.20. The van der Waals surface area contributed by atoms with Crippen LogP contribution in [0.5, 0.6) is 0 Å². The van der Waals surface area contributed by atoms with Crippen molar-refractivity contribution >= 4 is 0 Å². The van der Waals surface area contributed by atoms with Crippen molar-refractivity contribution in [2.24, 2.45) is 0 Å². The smallest absolute Gasteiger partial charge is 0.114 e. The third kappa shape index (κ3) is 11.2. The summed E-state index contributed by atoms with van der Waals surface area (Å²) in [4.78, 5) is 0. The third-order valence-corrected chi connectivity index (χ3v) is 5.28. The highest BCUT2D eigenvalue weighted by molar-refractivity contribution is 4.90. The van der Waals surface area contributed by atoms with Crippen molar-refractivity contribution in [3.63, 3.8) is 0 Å². The first-order chi connectivity index (χ1) is 13.2. The predicted molar refractivity (Wildman–Crippen MR) is 109 cm³/mol. The van der Waals surface area contributed by atoms with Crippen LogP contribution in [0.3, 0.4) is 0 Å². The molecule has 0 aromatic rings. The highest BCUT2D eigenvalue weighted by atomic mass is 16.6. The Morgan fingerprint density at radius 2 is 1.56 bits per heavy atom. The van der Waals surface area contributed by atoms with E-state index in [2.05, 4.69) is 13.0 Å². The van der Waals surface area contributed by atoms with Gasteiger partial charge >= 0.3 is 0 Å². The van der Waals surface area contributed by atoms with Gasteiger partial charge in [0.1, 0.15) is 24.4 Å². The van der Waals surface area contributed by atoms with E-state index in [4.69, 9.17) is 14.6 Å². The molecule has 4 atom stereocenters. The zero-order valence-corrected chi connectivity index (χ0v) is 17.2. The largest absolute Gasteiger partial charge is 0.394 e. The topological polar surface area (TPSA) is 79.2 Å². The van der Waals surface area contributed by atoms with Crippen LogP contribution in [0.4, 0.5) is 0 Å². The lowest BCUT2D eigenvalue weighted by atomic mass is 10.1. The summed E-state index contributed by atoms with van der Waals surface area (Å²) in [7, 11) is 0. The van der Waals surface area contributed by atoms with Gasteiger partial charge in [0.05, 0.1) is 19.8 Å². The average molecular weight is 387 g/mol. The molecule has 0 aromatic carbocycles. The van der Waals surface area contributed by atoms with E-state index in [0.717, 1.165) is 6.42 Å². The Morgan fingerprint density at radius 3 is 2.15 bits per heavy atom. The van der Waals surface area contributed by atoms with E-state index in [1.807, 2.05) is 6.08 Å². The Morgan fingerprint density at radius 1 is 0.963 bits per heavy atom. The molecular formula is C22H42O5. The normalized spacial score (nSPS) is 24.1. The van der Waals surface area contributed by atoms with E-state index < -0.39 is 31.0 Å². The van der Waals surface area contributed by atoms with Gasteiger partial charge in [-0.25, -0.2) is 0 Å². The van der Waals surface area contributed by atoms with E-state index in [-0.39, 0.29) is 6.61 Å². The first kappa shape index (κ1) is 24.6. The number of aliphatic hydroxyl groups is 3. The molecule has 1 fully saturated rings. The van der Waals surface area contributed by atoms with Crippen molar-refractivity contribution in [1.82, 2.24) is 0 Å². The Bertz CT molecular complexity index is 361. The number of allylic oxidation sites excluding steroid dienone is 1. The molecule has 0 aromatic heterocycles. The maximum atomic E-state index is 10.0. The van der Waals surface area contributed by atoms with Crippen LogP contribution in [-0.2, 0) is 9.47 Å². The Kier molecular flexibility index (Phi) is 15.0. The van der Waals surface area contributed by atoms with Crippen LogP contribution in [0.1, 0.15) is 84.0 Å². The molecule has 0 amide bonds. The van der Waals surface area contributed by atoms with Crippen molar-refractivity contribution in [3.8, 4) is 0 Å². The Labute approximate surface area is 165 Å². The molecule has 160 valence electrons. The van der Waals surface area contributed by atoms with Gasteiger partial charge in [-0.15, -0.1) is 0 Å². The first-order valence-corrected chi connectivity index (χ1v) is 11.1. The minimum absolute atomic E-state index is 0.245. The summed E-state index contributed by atoms with van der Waals surface area (Å²) < 4.78 is 10.9. The lowest BCUT2D eigenvalue weighted by Crippen LogP contribution is -2.41. The molecule has 0 radical (unpaired) electrons. The molecule has 0 bridgehead atoms. The Hall–Kier alpha value is -0.460. The zero-order chi connectivity index (χ0) is 19.7. The summed E-state index contributed by atoms with van der Waals surface area (Å²) in [5.74, 6) is 0. The molecule has 0 spiro atoms. The van der Waals surface area contributed by atoms with Gasteiger partial charge in [0, 0.05) is 0 Å². The van der Waals surface area contributed by atoms with Crippen molar-refractivity contribution in [2.45, 2.75) is 108 Å². The second-order valence-corrected chi connectivity index (χ2v) is 7.71. The van der Waals surface area contributed by atoms with Gasteiger partial charge in [-0.05, 0) is 12.8 Å². The predicted octanol–water partition coefficient (Wildman–Crippen LogP) is 3.74. The molecule has 1 saturated heterocycles. The lowest BCUT2D eigenvalue weighted by Gasteiger charge is -2.20. The first-order valence-electron chi connectivity index (χ1n) is 11.1. The number of hydrogen-bond donors (Lipinski definition) is 3. The molecule has 1 aliphatic heterocycles. The second kappa shape index (κ2) is 16.5. The minimum atomic E-state index is -1.06. The van der Waals surface area contributed by atoms with Gasteiger partial charge in [0.2, 0.25) is 0 Å². The molecule has 0 saturated carbocycles.